The lowest BCUT2D eigenvalue weighted by molar-refractivity contribution is 0.0939. The fraction of sp³-hybridized carbons (Fsp3) is 1.00. The van der Waals surface area contributed by atoms with Crippen LogP contribution in [0.2, 0.25) is 0 Å². The number of aliphatic hydroxyl groups excluding tert-OH is 1. The van der Waals surface area contributed by atoms with Crippen molar-refractivity contribution in [3.8, 4) is 0 Å². The lowest BCUT2D eigenvalue weighted by Gasteiger charge is -2.33. The van der Waals surface area contributed by atoms with Gasteiger partial charge in [-0.25, -0.2) is 0 Å². The Balaban J connectivity index is 2.06. The SMILES string of the molecule is CC(N)C(CO)N1C2CCC1CC2. The van der Waals surface area contributed by atoms with Crippen LogP contribution in [0.4, 0.5) is 0 Å². The van der Waals surface area contributed by atoms with Gasteiger partial charge in [0.15, 0.2) is 0 Å². The summed E-state index contributed by atoms with van der Waals surface area (Å²) < 4.78 is 0. The summed E-state index contributed by atoms with van der Waals surface area (Å²) in [6.07, 6.45) is 5.25. The van der Waals surface area contributed by atoms with Crippen LogP contribution in [0.15, 0.2) is 0 Å². The second kappa shape index (κ2) is 3.56. The van der Waals surface area contributed by atoms with Gasteiger partial charge in [0.1, 0.15) is 0 Å². The second-order valence-electron chi connectivity index (χ2n) is 4.52. The van der Waals surface area contributed by atoms with Crippen LogP contribution in [0.5, 0.6) is 0 Å². The molecule has 2 aliphatic heterocycles. The zero-order valence-corrected chi connectivity index (χ0v) is 8.32. The van der Waals surface area contributed by atoms with Gasteiger partial charge in [-0.15, -0.1) is 0 Å². The molecule has 0 aromatic carbocycles. The van der Waals surface area contributed by atoms with E-state index in [1.165, 1.54) is 25.7 Å². The predicted octanol–water partition coefficient (Wildman–Crippen LogP) is 0.321. The van der Waals surface area contributed by atoms with Gasteiger partial charge in [0.2, 0.25) is 0 Å². The minimum atomic E-state index is 0.0891. The number of fused-ring (bicyclic) bond motifs is 2. The van der Waals surface area contributed by atoms with E-state index in [1.54, 1.807) is 0 Å². The summed E-state index contributed by atoms with van der Waals surface area (Å²) in [5.74, 6) is 0. The highest BCUT2D eigenvalue weighted by Gasteiger charge is 2.43. The lowest BCUT2D eigenvalue weighted by Crippen LogP contribution is -2.50. The molecule has 0 aromatic heterocycles. The molecule has 0 aromatic rings. The second-order valence-corrected chi connectivity index (χ2v) is 4.52. The van der Waals surface area contributed by atoms with Gasteiger partial charge < -0.3 is 10.8 Å². The average molecular weight is 184 g/mol. The summed E-state index contributed by atoms with van der Waals surface area (Å²) in [5, 5.41) is 9.30. The topological polar surface area (TPSA) is 49.5 Å². The lowest BCUT2D eigenvalue weighted by atomic mass is 10.0. The van der Waals surface area contributed by atoms with Gasteiger partial charge in [-0.1, -0.05) is 0 Å². The maximum absolute atomic E-state index is 9.30. The Morgan fingerprint density at radius 3 is 2.08 bits per heavy atom. The third-order valence-electron chi connectivity index (χ3n) is 3.69. The summed E-state index contributed by atoms with van der Waals surface area (Å²) in [6.45, 7) is 2.21. The molecule has 2 fully saturated rings. The number of rotatable bonds is 3. The van der Waals surface area contributed by atoms with Crippen LogP contribution in [0.25, 0.3) is 0 Å². The first-order valence-corrected chi connectivity index (χ1v) is 5.38. The molecule has 2 rings (SSSR count). The summed E-state index contributed by atoms with van der Waals surface area (Å²) in [6, 6.07) is 1.72. The molecule has 3 heteroatoms. The van der Waals surface area contributed by atoms with Gasteiger partial charge in [-0.2, -0.15) is 0 Å². The zero-order chi connectivity index (χ0) is 9.42. The molecule has 0 radical (unpaired) electrons. The van der Waals surface area contributed by atoms with Crippen LogP contribution in [-0.2, 0) is 0 Å². The van der Waals surface area contributed by atoms with Crippen molar-refractivity contribution in [3.05, 3.63) is 0 Å². The van der Waals surface area contributed by atoms with Crippen molar-refractivity contribution in [2.75, 3.05) is 6.61 Å². The van der Waals surface area contributed by atoms with Crippen molar-refractivity contribution >= 4 is 0 Å². The Labute approximate surface area is 79.9 Å². The number of hydrogen-bond donors (Lipinski definition) is 2. The number of hydrogen-bond acceptors (Lipinski definition) is 3. The molecule has 2 heterocycles. The first kappa shape index (κ1) is 9.44. The maximum Gasteiger partial charge on any atom is 0.0602 e. The molecule has 0 aliphatic carbocycles. The first-order valence-electron chi connectivity index (χ1n) is 5.38. The minimum absolute atomic E-state index is 0.0891. The van der Waals surface area contributed by atoms with E-state index in [1.807, 2.05) is 6.92 Å². The quantitative estimate of drug-likeness (QED) is 0.664. The monoisotopic (exact) mass is 184 g/mol. The Morgan fingerprint density at radius 1 is 1.31 bits per heavy atom. The molecule has 3 nitrogen and oxygen atoms in total. The molecule has 2 saturated heterocycles. The van der Waals surface area contributed by atoms with Gasteiger partial charge in [0.25, 0.3) is 0 Å². The molecule has 0 spiro atoms. The van der Waals surface area contributed by atoms with Gasteiger partial charge in [0, 0.05) is 24.2 Å². The van der Waals surface area contributed by atoms with Crippen LogP contribution in [0.1, 0.15) is 32.6 Å². The summed E-state index contributed by atoms with van der Waals surface area (Å²) in [7, 11) is 0. The van der Waals surface area contributed by atoms with Crippen molar-refractivity contribution in [2.24, 2.45) is 5.73 Å². The van der Waals surface area contributed by atoms with E-state index in [2.05, 4.69) is 4.90 Å². The molecular weight excluding hydrogens is 164 g/mol. The Hall–Kier alpha value is -0.120. The van der Waals surface area contributed by atoms with Crippen molar-refractivity contribution in [3.63, 3.8) is 0 Å². The summed E-state index contributed by atoms with van der Waals surface area (Å²) in [4.78, 5) is 2.48. The smallest absolute Gasteiger partial charge is 0.0602 e. The largest absolute Gasteiger partial charge is 0.395 e. The van der Waals surface area contributed by atoms with Crippen molar-refractivity contribution < 1.29 is 5.11 Å². The molecule has 2 unspecified atom stereocenters. The Kier molecular flexibility index (Phi) is 2.58. The average Bonchev–Trinajstić information content (AvgIpc) is 2.66. The predicted molar refractivity (Wildman–Crippen MR) is 52.4 cm³/mol. The van der Waals surface area contributed by atoms with E-state index >= 15 is 0 Å². The Morgan fingerprint density at radius 2 is 1.77 bits per heavy atom. The highest BCUT2D eigenvalue weighted by molar-refractivity contribution is 4.99. The van der Waals surface area contributed by atoms with Gasteiger partial charge in [-0.05, 0) is 32.6 Å². The molecule has 0 amide bonds. The van der Waals surface area contributed by atoms with Gasteiger partial charge in [0.05, 0.1) is 6.61 Å². The molecule has 2 aliphatic rings. The summed E-state index contributed by atoms with van der Waals surface area (Å²) in [5.41, 5.74) is 5.88. The molecule has 0 saturated carbocycles. The molecule has 76 valence electrons. The fourth-order valence-electron chi connectivity index (χ4n) is 3.03. The molecule has 2 bridgehead atoms. The third-order valence-corrected chi connectivity index (χ3v) is 3.69. The number of nitrogens with zero attached hydrogens (tertiary/aromatic N) is 1. The van der Waals surface area contributed by atoms with E-state index in [0.717, 1.165) is 0 Å². The van der Waals surface area contributed by atoms with Crippen LogP contribution < -0.4 is 5.73 Å². The van der Waals surface area contributed by atoms with Crippen molar-refractivity contribution in [1.29, 1.82) is 0 Å². The Bertz CT molecular complexity index is 164. The van der Waals surface area contributed by atoms with E-state index in [0.29, 0.717) is 12.1 Å². The van der Waals surface area contributed by atoms with Gasteiger partial charge in [-0.3, -0.25) is 4.90 Å². The van der Waals surface area contributed by atoms with Crippen LogP contribution in [-0.4, -0.2) is 40.8 Å². The van der Waals surface area contributed by atoms with Crippen LogP contribution in [0, 0.1) is 0 Å². The minimum Gasteiger partial charge on any atom is -0.395 e. The molecule has 3 N–H and O–H groups in total. The third kappa shape index (κ3) is 1.49. The highest BCUT2D eigenvalue weighted by atomic mass is 16.3. The highest BCUT2D eigenvalue weighted by Crippen LogP contribution is 2.39. The van der Waals surface area contributed by atoms with Crippen molar-refractivity contribution in [1.82, 2.24) is 4.90 Å². The molecular formula is C10H20N2O. The van der Waals surface area contributed by atoms with E-state index < -0.39 is 0 Å². The van der Waals surface area contributed by atoms with Crippen LogP contribution in [0.3, 0.4) is 0 Å². The van der Waals surface area contributed by atoms with Crippen molar-refractivity contribution in [2.45, 2.75) is 56.8 Å². The summed E-state index contributed by atoms with van der Waals surface area (Å²) >= 11 is 0. The standard InChI is InChI=1S/C10H20N2O/c1-7(11)10(6-13)12-8-2-3-9(12)5-4-8/h7-10,13H,2-6,11H2,1H3. The number of aliphatic hydroxyl groups is 1. The fourth-order valence-corrected chi connectivity index (χ4v) is 3.03. The molecule has 2 atom stereocenters. The molecule has 13 heavy (non-hydrogen) atoms. The van der Waals surface area contributed by atoms with Crippen LogP contribution >= 0.6 is 0 Å². The zero-order valence-electron chi connectivity index (χ0n) is 8.32. The van der Waals surface area contributed by atoms with E-state index in [4.69, 9.17) is 5.73 Å². The van der Waals surface area contributed by atoms with E-state index in [-0.39, 0.29) is 18.7 Å². The number of nitrogens with two attached hydrogens (primary N) is 1. The van der Waals surface area contributed by atoms with Gasteiger partial charge >= 0.3 is 0 Å². The normalized spacial score (nSPS) is 38.1. The van der Waals surface area contributed by atoms with E-state index in [9.17, 15) is 5.11 Å². The maximum atomic E-state index is 9.30. The first-order chi connectivity index (χ1) is 6.24.